The number of halogens is 2. The SMILES string of the molecule is CN(CC(=O)Nc1c(Cl)cccc1Cl)C(=O)CCNC(=O)c1ccco1. The van der Waals surface area contributed by atoms with Gasteiger partial charge < -0.3 is 20.0 Å². The molecule has 9 heteroatoms. The molecule has 1 heterocycles. The van der Waals surface area contributed by atoms with Gasteiger partial charge in [0.1, 0.15) is 0 Å². The fourth-order valence-electron chi connectivity index (χ4n) is 2.07. The molecule has 0 saturated carbocycles. The molecule has 0 spiro atoms. The maximum Gasteiger partial charge on any atom is 0.286 e. The number of carbonyl (C=O) groups is 3. The predicted molar refractivity (Wildman–Crippen MR) is 98.4 cm³/mol. The first-order valence-corrected chi connectivity index (χ1v) is 8.43. The highest BCUT2D eigenvalue weighted by Gasteiger charge is 2.16. The Labute approximate surface area is 160 Å². The van der Waals surface area contributed by atoms with Crippen molar-refractivity contribution in [3.63, 3.8) is 0 Å². The summed E-state index contributed by atoms with van der Waals surface area (Å²) in [4.78, 5) is 37.0. The number of anilines is 1. The number of para-hydroxylation sites is 1. The van der Waals surface area contributed by atoms with E-state index in [2.05, 4.69) is 10.6 Å². The minimum Gasteiger partial charge on any atom is -0.459 e. The molecule has 1 aromatic heterocycles. The van der Waals surface area contributed by atoms with Gasteiger partial charge in [-0.3, -0.25) is 14.4 Å². The van der Waals surface area contributed by atoms with Crippen LogP contribution in [0.2, 0.25) is 10.0 Å². The number of benzene rings is 1. The monoisotopic (exact) mass is 397 g/mol. The van der Waals surface area contributed by atoms with Crippen molar-refractivity contribution in [1.29, 1.82) is 0 Å². The number of nitrogens with zero attached hydrogens (tertiary/aromatic N) is 1. The van der Waals surface area contributed by atoms with Gasteiger partial charge in [-0.1, -0.05) is 29.3 Å². The Kier molecular flexibility index (Phi) is 7.06. The number of hydrogen-bond acceptors (Lipinski definition) is 4. The second-order valence-electron chi connectivity index (χ2n) is 5.38. The number of amides is 3. The number of rotatable bonds is 7. The van der Waals surface area contributed by atoms with Crippen molar-refractivity contribution >= 4 is 46.6 Å². The van der Waals surface area contributed by atoms with Crippen LogP contribution < -0.4 is 10.6 Å². The van der Waals surface area contributed by atoms with E-state index in [4.69, 9.17) is 27.6 Å². The number of likely N-dealkylation sites (N-methyl/N-ethyl adjacent to an activating group) is 1. The molecule has 0 aliphatic heterocycles. The molecule has 2 aromatic rings. The summed E-state index contributed by atoms with van der Waals surface area (Å²) in [5, 5.41) is 5.75. The first kappa shape index (κ1) is 19.8. The second kappa shape index (κ2) is 9.26. The zero-order valence-electron chi connectivity index (χ0n) is 13.9. The molecule has 0 radical (unpaired) electrons. The molecule has 0 saturated heterocycles. The van der Waals surface area contributed by atoms with Crippen molar-refractivity contribution in [2.75, 3.05) is 25.5 Å². The second-order valence-corrected chi connectivity index (χ2v) is 6.19. The van der Waals surface area contributed by atoms with Gasteiger partial charge in [0.2, 0.25) is 11.8 Å². The third-order valence-corrected chi connectivity index (χ3v) is 4.03. The standard InChI is InChI=1S/C17H17Cl2N3O4/c1-22(10-14(23)21-16-11(18)4-2-5-12(16)19)15(24)7-8-20-17(25)13-6-3-9-26-13/h2-6,9H,7-8,10H2,1H3,(H,20,25)(H,21,23). The lowest BCUT2D eigenvalue weighted by Crippen LogP contribution is -2.37. The normalized spacial score (nSPS) is 10.3. The van der Waals surface area contributed by atoms with Gasteiger partial charge in [-0.25, -0.2) is 0 Å². The highest BCUT2D eigenvalue weighted by molar-refractivity contribution is 6.39. The summed E-state index contributed by atoms with van der Waals surface area (Å²) in [6, 6.07) is 7.97. The Morgan fingerprint density at radius 3 is 2.42 bits per heavy atom. The fraction of sp³-hybridized carbons (Fsp3) is 0.235. The number of furan rings is 1. The Morgan fingerprint density at radius 1 is 1.12 bits per heavy atom. The predicted octanol–water partition coefficient (Wildman–Crippen LogP) is 2.80. The van der Waals surface area contributed by atoms with Crippen LogP contribution in [0.15, 0.2) is 41.0 Å². The average Bonchev–Trinajstić information content (AvgIpc) is 3.12. The first-order chi connectivity index (χ1) is 12.4. The van der Waals surface area contributed by atoms with E-state index in [0.717, 1.165) is 0 Å². The van der Waals surface area contributed by atoms with Crippen molar-refractivity contribution in [3.8, 4) is 0 Å². The van der Waals surface area contributed by atoms with Crippen molar-refractivity contribution in [1.82, 2.24) is 10.2 Å². The van der Waals surface area contributed by atoms with Crippen molar-refractivity contribution < 1.29 is 18.8 Å². The van der Waals surface area contributed by atoms with Gasteiger partial charge in [0.15, 0.2) is 5.76 Å². The van der Waals surface area contributed by atoms with Gasteiger partial charge in [-0.05, 0) is 24.3 Å². The van der Waals surface area contributed by atoms with E-state index >= 15 is 0 Å². The maximum absolute atomic E-state index is 12.1. The molecule has 0 aliphatic rings. The third-order valence-electron chi connectivity index (χ3n) is 3.40. The highest BCUT2D eigenvalue weighted by Crippen LogP contribution is 2.29. The quantitative estimate of drug-likeness (QED) is 0.751. The van der Waals surface area contributed by atoms with Crippen molar-refractivity contribution in [2.45, 2.75) is 6.42 Å². The van der Waals surface area contributed by atoms with Gasteiger partial charge in [0.05, 0.1) is 28.5 Å². The van der Waals surface area contributed by atoms with E-state index in [1.165, 1.54) is 24.3 Å². The summed E-state index contributed by atoms with van der Waals surface area (Å²) in [5.41, 5.74) is 0.299. The fourth-order valence-corrected chi connectivity index (χ4v) is 2.56. The van der Waals surface area contributed by atoms with Crippen molar-refractivity contribution in [3.05, 3.63) is 52.4 Å². The molecule has 2 rings (SSSR count). The van der Waals surface area contributed by atoms with E-state index < -0.39 is 11.8 Å². The average molecular weight is 398 g/mol. The van der Waals surface area contributed by atoms with Crippen LogP contribution >= 0.6 is 23.2 Å². The zero-order chi connectivity index (χ0) is 19.1. The van der Waals surface area contributed by atoms with Crippen LogP contribution in [0.25, 0.3) is 0 Å². The van der Waals surface area contributed by atoms with E-state index in [-0.39, 0.29) is 31.2 Å². The van der Waals surface area contributed by atoms with E-state index in [1.807, 2.05) is 0 Å². The van der Waals surface area contributed by atoms with Crippen LogP contribution in [-0.2, 0) is 9.59 Å². The van der Waals surface area contributed by atoms with E-state index in [1.54, 1.807) is 24.3 Å². The summed E-state index contributed by atoms with van der Waals surface area (Å²) in [5.74, 6) is -0.973. The van der Waals surface area contributed by atoms with E-state index in [0.29, 0.717) is 15.7 Å². The van der Waals surface area contributed by atoms with Crippen LogP contribution in [-0.4, -0.2) is 42.8 Å². The molecule has 0 fully saturated rings. The molecule has 3 amide bonds. The Morgan fingerprint density at radius 2 is 1.81 bits per heavy atom. The number of nitrogens with one attached hydrogen (secondary N) is 2. The molecule has 138 valence electrons. The maximum atomic E-state index is 12.1. The van der Waals surface area contributed by atoms with Crippen LogP contribution in [0.1, 0.15) is 17.0 Å². The summed E-state index contributed by atoms with van der Waals surface area (Å²) < 4.78 is 4.95. The van der Waals surface area contributed by atoms with Gasteiger partial charge >= 0.3 is 0 Å². The van der Waals surface area contributed by atoms with Crippen molar-refractivity contribution in [2.24, 2.45) is 0 Å². The topological polar surface area (TPSA) is 91.7 Å². The Bertz CT molecular complexity index is 773. The number of carbonyl (C=O) groups excluding carboxylic acids is 3. The summed E-state index contributed by atoms with van der Waals surface area (Å²) in [7, 11) is 1.49. The molecule has 2 N–H and O–H groups in total. The lowest BCUT2D eigenvalue weighted by molar-refractivity contribution is -0.133. The zero-order valence-corrected chi connectivity index (χ0v) is 15.4. The van der Waals surface area contributed by atoms with Gasteiger partial charge in [-0.2, -0.15) is 0 Å². The molecular formula is C17H17Cl2N3O4. The third kappa shape index (κ3) is 5.50. The molecular weight excluding hydrogens is 381 g/mol. The Hall–Kier alpha value is -2.51. The first-order valence-electron chi connectivity index (χ1n) is 7.68. The minimum atomic E-state index is -0.435. The summed E-state index contributed by atoms with van der Waals surface area (Å²) >= 11 is 12.0. The molecule has 26 heavy (non-hydrogen) atoms. The molecule has 7 nitrogen and oxygen atoms in total. The number of hydrogen-bond donors (Lipinski definition) is 2. The highest BCUT2D eigenvalue weighted by atomic mass is 35.5. The lowest BCUT2D eigenvalue weighted by atomic mass is 10.3. The van der Waals surface area contributed by atoms with E-state index in [9.17, 15) is 14.4 Å². The van der Waals surface area contributed by atoms with Crippen LogP contribution in [0.4, 0.5) is 5.69 Å². The van der Waals surface area contributed by atoms with Crippen LogP contribution in [0, 0.1) is 0 Å². The minimum absolute atomic E-state index is 0.0447. The molecule has 1 aromatic carbocycles. The van der Waals surface area contributed by atoms with Gasteiger partial charge in [-0.15, -0.1) is 0 Å². The molecule has 0 unspecified atom stereocenters. The molecule has 0 aliphatic carbocycles. The smallest absolute Gasteiger partial charge is 0.286 e. The summed E-state index contributed by atoms with van der Waals surface area (Å²) in [6.07, 6.45) is 1.43. The van der Waals surface area contributed by atoms with Crippen LogP contribution in [0.3, 0.4) is 0 Å². The lowest BCUT2D eigenvalue weighted by Gasteiger charge is -2.17. The summed E-state index contributed by atoms with van der Waals surface area (Å²) in [6.45, 7) is -0.0484. The largest absolute Gasteiger partial charge is 0.459 e. The Balaban J connectivity index is 1.77. The van der Waals surface area contributed by atoms with Gasteiger partial charge in [0.25, 0.3) is 5.91 Å². The molecule has 0 bridgehead atoms. The molecule has 0 atom stereocenters. The van der Waals surface area contributed by atoms with Gasteiger partial charge in [0, 0.05) is 20.0 Å². The van der Waals surface area contributed by atoms with Crippen LogP contribution in [0.5, 0.6) is 0 Å².